The second-order valence-electron chi connectivity index (χ2n) is 14.3. The number of piperazine rings is 1. The summed E-state index contributed by atoms with van der Waals surface area (Å²) in [6.45, 7) is 11.7. The predicted octanol–water partition coefficient (Wildman–Crippen LogP) is 5.43. The Morgan fingerprint density at radius 2 is 1.82 bits per heavy atom. The van der Waals surface area contributed by atoms with E-state index in [1.807, 2.05) is 62.1 Å². The summed E-state index contributed by atoms with van der Waals surface area (Å²) in [5.41, 5.74) is 5.60. The summed E-state index contributed by atoms with van der Waals surface area (Å²) < 4.78 is 19.7. The van der Waals surface area contributed by atoms with Crippen molar-refractivity contribution in [1.29, 1.82) is 0 Å². The van der Waals surface area contributed by atoms with Gasteiger partial charge in [-0.15, -0.1) is 0 Å². The Hall–Kier alpha value is -4.66. The van der Waals surface area contributed by atoms with E-state index in [1.54, 1.807) is 30.0 Å². The second-order valence-corrected chi connectivity index (χ2v) is 15.2. The number of nitrogens with zero attached hydrogens (tertiary/aromatic N) is 5. The van der Waals surface area contributed by atoms with Crippen molar-refractivity contribution in [3.05, 3.63) is 81.5 Å². The van der Waals surface area contributed by atoms with Crippen LogP contribution in [0.2, 0.25) is 10.0 Å². The molecule has 13 nitrogen and oxygen atoms in total. The van der Waals surface area contributed by atoms with Crippen LogP contribution in [0.15, 0.2) is 59.8 Å². The highest BCUT2D eigenvalue weighted by atomic mass is 35.5. The third-order valence-corrected chi connectivity index (χ3v) is 10.4. The third kappa shape index (κ3) is 8.46. The zero-order chi connectivity index (χ0) is 38.7. The highest BCUT2D eigenvalue weighted by molar-refractivity contribution is 6.34. The molecule has 4 aromatic rings. The molecular weight excluding hydrogens is 745 g/mol. The monoisotopic (exact) mass is 789 g/mol. The number of oxime groups is 1. The lowest BCUT2D eigenvalue weighted by molar-refractivity contribution is -0.122. The Bertz CT molecular complexity index is 2090. The molecule has 2 amide bonds. The van der Waals surface area contributed by atoms with Crippen LogP contribution in [0.5, 0.6) is 11.5 Å². The summed E-state index contributed by atoms with van der Waals surface area (Å²) in [6, 6.07) is 16.9. The Morgan fingerprint density at radius 1 is 1.04 bits per heavy atom. The van der Waals surface area contributed by atoms with Crippen molar-refractivity contribution in [2.45, 2.75) is 32.9 Å². The van der Waals surface area contributed by atoms with E-state index in [0.29, 0.717) is 77.0 Å². The number of methoxy groups -OCH3 is 1. The Morgan fingerprint density at radius 3 is 2.56 bits per heavy atom. The lowest BCUT2D eigenvalue weighted by atomic mass is 9.94. The van der Waals surface area contributed by atoms with Crippen LogP contribution in [-0.2, 0) is 21.0 Å². The maximum absolute atomic E-state index is 14.3. The molecule has 7 rings (SSSR count). The number of morpholine rings is 1. The largest absolute Gasteiger partial charge is 0.496 e. The molecule has 0 spiro atoms. The first-order chi connectivity index (χ1) is 26.5. The van der Waals surface area contributed by atoms with Crippen LogP contribution in [0.4, 0.5) is 0 Å². The predicted molar refractivity (Wildman–Crippen MR) is 212 cm³/mol. The number of nitrogens with one attached hydrogen (secondary N) is 2. The first-order valence-electron chi connectivity index (χ1n) is 18.3. The zero-order valence-electron chi connectivity index (χ0n) is 31.4. The topological polar surface area (TPSA) is 132 Å². The molecule has 3 aromatic carbocycles. The van der Waals surface area contributed by atoms with Gasteiger partial charge >= 0.3 is 0 Å². The number of aromatic nitrogens is 2. The average Bonchev–Trinajstić information content (AvgIpc) is 3.57. The summed E-state index contributed by atoms with van der Waals surface area (Å²) in [6.07, 6.45) is 0. The zero-order valence-corrected chi connectivity index (χ0v) is 32.9. The summed E-state index contributed by atoms with van der Waals surface area (Å²) in [7, 11) is 1.62. The van der Waals surface area contributed by atoms with E-state index in [0.717, 1.165) is 48.4 Å². The van der Waals surface area contributed by atoms with Gasteiger partial charge in [0.25, 0.3) is 5.91 Å². The summed E-state index contributed by atoms with van der Waals surface area (Å²) >= 11 is 13.0. The summed E-state index contributed by atoms with van der Waals surface area (Å²) in [5, 5.41) is 16.3. The SMILES string of the molecule is COc1cc2c(cc1-c1cccc(/C(C)=N/OCCNC(=O)CN3CCNCC3)c1)-c1c(c(C(=O)N3CCOCC3(C)C)nn1-c1cc(Cl)cc(Cl)c1)CO2. The Labute approximate surface area is 330 Å². The Balaban J connectivity index is 1.18. The fourth-order valence-electron chi connectivity index (χ4n) is 7.13. The van der Waals surface area contributed by atoms with Crippen molar-refractivity contribution in [3.63, 3.8) is 0 Å². The van der Waals surface area contributed by atoms with Crippen LogP contribution in [0, 0.1) is 0 Å². The van der Waals surface area contributed by atoms with E-state index >= 15 is 0 Å². The van der Waals surface area contributed by atoms with Crippen molar-refractivity contribution in [2.24, 2.45) is 5.16 Å². The van der Waals surface area contributed by atoms with E-state index < -0.39 is 5.54 Å². The number of rotatable bonds is 11. The quantitative estimate of drug-likeness (QED) is 0.116. The minimum absolute atomic E-state index is 0.0290. The minimum Gasteiger partial charge on any atom is -0.496 e. The van der Waals surface area contributed by atoms with Gasteiger partial charge in [0.05, 0.1) is 56.0 Å². The van der Waals surface area contributed by atoms with Gasteiger partial charge in [-0.05, 0) is 62.2 Å². The molecule has 2 saturated heterocycles. The van der Waals surface area contributed by atoms with Gasteiger partial charge in [-0.25, -0.2) is 4.68 Å². The first-order valence-corrected chi connectivity index (χ1v) is 19.1. The van der Waals surface area contributed by atoms with Gasteiger partial charge in [0.2, 0.25) is 5.91 Å². The van der Waals surface area contributed by atoms with Gasteiger partial charge in [-0.1, -0.05) is 46.6 Å². The fourth-order valence-corrected chi connectivity index (χ4v) is 7.64. The number of amides is 2. The maximum Gasteiger partial charge on any atom is 0.275 e. The molecule has 0 unspecified atom stereocenters. The van der Waals surface area contributed by atoms with E-state index in [9.17, 15) is 9.59 Å². The van der Waals surface area contributed by atoms with Gasteiger partial charge in [-0.2, -0.15) is 5.10 Å². The fraction of sp³-hybridized carbons (Fsp3) is 0.400. The van der Waals surface area contributed by atoms with Crippen LogP contribution in [0.1, 0.15) is 42.4 Å². The number of ether oxygens (including phenoxy) is 3. The number of hydrogen-bond donors (Lipinski definition) is 2. The average molecular weight is 791 g/mol. The molecule has 2 N–H and O–H groups in total. The number of carbonyl (C=O) groups excluding carboxylic acids is 2. The molecule has 0 bridgehead atoms. The molecule has 0 aliphatic carbocycles. The van der Waals surface area contributed by atoms with Crippen LogP contribution >= 0.6 is 23.2 Å². The van der Waals surface area contributed by atoms with Gasteiger partial charge < -0.3 is 34.6 Å². The van der Waals surface area contributed by atoms with Crippen molar-refractivity contribution in [3.8, 4) is 39.6 Å². The molecule has 15 heteroatoms. The number of fused-ring (bicyclic) bond motifs is 3. The van der Waals surface area contributed by atoms with Crippen LogP contribution in [-0.4, -0.2) is 115 Å². The number of halogens is 2. The number of hydrogen-bond acceptors (Lipinski definition) is 10. The molecule has 4 heterocycles. The van der Waals surface area contributed by atoms with Crippen LogP contribution < -0.4 is 20.1 Å². The minimum atomic E-state index is -0.530. The van der Waals surface area contributed by atoms with Gasteiger partial charge in [0, 0.05) is 65.5 Å². The molecule has 3 aliphatic heterocycles. The van der Waals surface area contributed by atoms with Crippen LogP contribution in [0.25, 0.3) is 28.1 Å². The maximum atomic E-state index is 14.3. The smallest absolute Gasteiger partial charge is 0.275 e. The van der Waals surface area contributed by atoms with Crippen molar-refractivity contribution in [2.75, 3.05) is 72.7 Å². The molecule has 0 saturated carbocycles. The summed E-state index contributed by atoms with van der Waals surface area (Å²) in [4.78, 5) is 36.2. The van der Waals surface area contributed by atoms with Crippen LogP contribution in [0.3, 0.4) is 0 Å². The molecule has 0 atom stereocenters. The molecule has 55 heavy (non-hydrogen) atoms. The van der Waals surface area contributed by atoms with Gasteiger partial charge in [0.1, 0.15) is 24.7 Å². The normalized spacial score (nSPS) is 16.8. The lowest BCUT2D eigenvalue weighted by Gasteiger charge is -2.41. The van der Waals surface area contributed by atoms with E-state index in [1.165, 1.54) is 0 Å². The third-order valence-electron chi connectivity index (χ3n) is 9.98. The summed E-state index contributed by atoms with van der Waals surface area (Å²) in [5.74, 6) is 0.943. The van der Waals surface area contributed by atoms with Crippen molar-refractivity contribution >= 4 is 40.7 Å². The lowest BCUT2D eigenvalue weighted by Crippen LogP contribution is -2.55. The number of benzene rings is 3. The highest BCUT2D eigenvalue weighted by Crippen LogP contribution is 2.46. The number of carbonyl (C=O) groups is 2. The first kappa shape index (κ1) is 38.6. The molecule has 0 radical (unpaired) electrons. The van der Waals surface area contributed by atoms with Crippen molar-refractivity contribution in [1.82, 2.24) is 30.2 Å². The molecule has 290 valence electrons. The van der Waals surface area contributed by atoms with E-state index in [-0.39, 0.29) is 30.7 Å². The molecule has 3 aliphatic rings. The molecular formula is C40H45Cl2N7O6. The van der Waals surface area contributed by atoms with Crippen molar-refractivity contribution < 1.29 is 28.6 Å². The standard InChI is InChI=1S/C40H45Cl2N7O6/c1-25(46-55-14-10-44-36(50)22-47-11-8-43-9-12-47)26-6-5-7-27(16-26)31-20-32-35(21-34(31)52-4)54-23-33-37(39(51)48-13-15-53-24-40(48,2)3)45-49(38(32)33)30-18-28(41)17-29(42)19-30/h5-7,16-21,43H,8-15,22-24H2,1-4H3,(H,44,50)/b46-25+. The van der Waals surface area contributed by atoms with Gasteiger partial charge in [0.15, 0.2) is 5.69 Å². The van der Waals surface area contributed by atoms with E-state index in [2.05, 4.69) is 20.7 Å². The van der Waals surface area contributed by atoms with Gasteiger partial charge in [-0.3, -0.25) is 14.5 Å². The molecule has 2 fully saturated rings. The second kappa shape index (κ2) is 16.6. The van der Waals surface area contributed by atoms with E-state index in [4.69, 9.17) is 47.3 Å². The highest BCUT2D eigenvalue weighted by Gasteiger charge is 2.39. The molecule has 1 aromatic heterocycles. The Kier molecular flexibility index (Phi) is 11.7.